The van der Waals surface area contributed by atoms with Crippen LogP contribution in [0.2, 0.25) is 0 Å². The van der Waals surface area contributed by atoms with Crippen molar-refractivity contribution in [2.24, 2.45) is 52.3 Å². The number of hydrogen-bond donors (Lipinski definition) is 1. The van der Waals surface area contributed by atoms with E-state index < -0.39 is 0 Å². The largest absolute Gasteiger partial charge is 0.393 e. The fourth-order valence-corrected chi connectivity index (χ4v) is 8.25. The van der Waals surface area contributed by atoms with Gasteiger partial charge < -0.3 is 5.11 Å². The Bertz CT molecular complexity index is 659. The standard InChI is InChI=1S/C28H46O/c1-18(2)19(3)7-8-20(4)24-11-12-25-23-10-9-21-17-22(29)13-15-27(21,5)26(23)14-16-28(24,25)6/h7-9,18-20,22-26,29H,10-17H2,1-6H3/b8-7+. The molecule has 9 atom stereocenters. The highest BCUT2D eigenvalue weighted by molar-refractivity contribution is 5.25. The average Bonchev–Trinajstić information content (AvgIpc) is 3.03. The molecule has 0 radical (unpaired) electrons. The highest BCUT2D eigenvalue weighted by Gasteiger charge is 2.58. The van der Waals surface area contributed by atoms with E-state index in [-0.39, 0.29) is 6.10 Å². The van der Waals surface area contributed by atoms with Crippen molar-refractivity contribution < 1.29 is 5.11 Å². The maximum atomic E-state index is 10.2. The number of aliphatic hydroxyl groups is 1. The lowest BCUT2D eigenvalue weighted by Gasteiger charge is -2.58. The summed E-state index contributed by atoms with van der Waals surface area (Å²) in [7, 11) is 0. The molecule has 4 aliphatic carbocycles. The lowest BCUT2D eigenvalue weighted by atomic mass is 9.47. The third-order valence-electron chi connectivity index (χ3n) is 10.6. The van der Waals surface area contributed by atoms with Crippen LogP contribution in [-0.4, -0.2) is 11.2 Å². The van der Waals surface area contributed by atoms with E-state index in [9.17, 15) is 5.11 Å². The van der Waals surface area contributed by atoms with Crippen LogP contribution in [0.4, 0.5) is 0 Å². The lowest BCUT2D eigenvalue weighted by Crippen LogP contribution is -2.50. The minimum Gasteiger partial charge on any atom is -0.393 e. The van der Waals surface area contributed by atoms with Gasteiger partial charge in [0.05, 0.1) is 6.10 Å². The topological polar surface area (TPSA) is 20.2 Å². The normalized spacial score (nSPS) is 46.8. The number of allylic oxidation sites excluding steroid dienone is 3. The van der Waals surface area contributed by atoms with Crippen LogP contribution in [0.3, 0.4) is 0 Å². The van der Waals surface area contributed by atoms with E-state index >= 15 is 0 Å². The van der Waals surface area contributed by atoms with Gasteiger partial charge in [0.1, 0.15) is 0 Å². The fourth-order valence-electron chi connectivity index (χ4n) is 8.25. The molecule has 0 saturated heterocycles. The quantitative estimate of drug-likeness (QED) is 0.489. The van der Waals surface area contributed by atoms with Gasteiger partial charge in [-0.1, -0.05) is 65.3 Å². The van der Waals surface area contributed by atoms with Gasteiger partial charge in [0.2, 0.25) is 0 Å². The summed E-state index contributed by atoms with van der Waals surface area (Å²) in [5.41, 5.74) is 2.51. The molecule has 3 saturated carbocycles. The smallest absolute Gasteiger partial charge is 0.0577 e. The second-order valence-electron chi connectivity index (χ2n) is 12.2. The summed E-state index contributed by atoms with van der Waals surface area (Å²) in [5.74, 6) is 5.63. The van der Waals surface area contributed by atoms with E-state index in [0.29, 0.717) is 22.7 Å². The second-order valence-corrected chi connectivity index (χ2v) is 12.2. The Morgan fingerprint density at radius 2 is 1.72 bits per heavy atom. The molecule has 0 heterocycles. The zero-order valence-electron chi connectivity index (χ0n) is 20.0. The van der Waals surface area contributed by atoms with Gasteiger partial charge in [-0.2, -0.15) is 0 Å². The molecule has 0 aromatic carbocycles. The summed E-state index contributed by atoms with van der Waals surface area (Å²) in [6.45, 7) is 14.7. The van der Waals surface area contributed by atoms with Gasteiger partial charge in [0.25, 0.3) is 0 Å². The molecule has 1 nitrogen and oxygen atoms in total. The van der Waals surface area contributed by atoms with Crippen LogP contribution >= 0.6 is 0 Å². The Morgan fingerprint density at radius 1 is 0.966 bits per heavy atom. The third kappa shape index (κ3) is 3.58. The van der Waals surface area contributed by atoms with Crippen LogP contribution in [-0.2, 0) is 0 Å². The van der Waals surface area contributed by atoms with E-state index in [4.69, 9.17) is 0 Å². The highest BCUT2D eigenvalue weighted by atomic mass is 16.3. The monoisotopic (exact) mass is 398 g/mol. The minimum absolute atomic E-state index is 0.0866. The van der Waals surface area contributed by atoms with Gasteiger partial charge in [0.15, 0.2) is 0 Å². The Balaban J connectivity index is 1.53. The van der Waals surface area contributed by atoms with Crippen LogP contribution in [0.15, 0.2) is 23.8 Å². The second kappa shape index (κ2) is 7.85. The first kappa shape index (κ1) is 21.7. The SMILES string of the molecule is CC(C)C(C)/C=C/C(C)C1CCC2C3CC=C4CC(O)CCC4(C)C3CCC12C. The molecule has 0 aliphatic heterocycles. The van der Waals surface area contributed by atoms with Crippen molar-refractivity contribution in [2.75, 3.05) is 0 Å². The van der Waals surface area contributed by atoms with Gasteiger partial charge in [-0.3, -0.25) is 0 Å². The predicted molar refractivity (Wildman–Crippen MR) is 124 cm³/mol. The van der Waals surface area contributed by atoms with E-state index in [1.165, 1.54) is 38.5 Å². The van der Waals surface area contributed by atoms with E-state index in [2.05, 4.69) is 59.8 Å². The predicted octanol–water partition coefficient (Wildman–Crippen LogP) is 7.41. The first-order valence-electron chi connectivity index (χ1n) is 12.7. The van der Waals surface area contributed by atoms with Crippen LogP contribution < -0.4 is 0 Å². The van der Waals surface area contributed by atoms with Crippen molar-refractivity contribution in [3.63, 3.8) is 0 Å². The summed E-state index contributed by atoms with van der Waals surface area (Å²) >= 11 is 0. The summed E-state index contributed by atoms with van der Waals surface area (Å²) < 4.78 is 0. The van der Waals surface area contributed by atoms with Crippen molar-refractivity contribution in [2.45, 2.75) is 99.0 Å². The average molecular weight is 399 g/mol. The maximum absolute atomic E-state index is 10.2. The third-order valence-corrected chi connectivity index (χ3v) is 10.6. The lowest BCUT2D eigenvalue weighted by molar-refractivity contribution is -0.0540. The van der Waals surface area contributed by atoms with Gasteiger partial charge in [0, 0.05) is 0 Å². The van der Waals surface area contributed by atoms with Crippen molar-refractivity contribution >= 4 is 0 Å². The Morgan fingerprint density at radius 3 is 2.45 bits per heavy atom. The maximum Gasteiger partial charge on any atom is 0.0577 e. The molecule has 3 fully saturated rings. The molecule has 1 heteroatoms. The molecule has 29 heavy (non-hydrogen) atoms. The molecule has 9 unspecified atom stereocenters. The number of rotatable bonds is 4. The molecular formula is C28H46O. The van der Waals surface area contributed by atoms with Crippen LogP contribution in [0, 0.1) is 52.3 Å². The number of hydrogen-bond acceptors (Lipinski definition) is 1. The Hall–Kier alpha value is -0.560. The number of fused-ring (bicyclic) bond motifs is 5. The molecule has 0 aromatic rings. The molecule has 4 rings (SSSR count). The summed E-state index contributed by atoms with van der Waals surface area (Å²) in [4.78, 5) is 0. The van der Waals surface area contributed by atoms with E-state index in [1.54, 1.807) is 5.57 Å². The van der Waals surface area contributed by atoms with Crippen LogP contribution in [0.1, 0.15) is 92.9 Å². The first-order chi connectivity index (χ1) is 13.7. The molecule has 0 spiro atoms. The van der Waals surface area contributed by atoms with Gasteiger partial charge >= 0.3 is 0 Å². The molecule has 164 valence electrons. The van der Waals surface area contributed by atoms with Gasteiger partial charge in [-0.25, -0.2) is 0 Å². The number of aliphatic hydroxyl groups excluding tert-OH is 1. The van der Waals surface area contributed by atoms with Crippen molar-refractivity contribution in [3.8, 4) is 0 Å². The molecule has 1 N–H and O–H groups in total. The molecular weight excluding hydrogens is 352 g/mol. The first-order valence-corrected chi connectivity index (χ1v) is 12.7. The molecule has 4 aliphatic rings. The van der Waals surface area contributed by atoms with Gasteiger partial charge in [-0.05, 0) is 104 Å². The van der Waals surface area contributed by atoms with Crippen molar-refractivity contribution in [3.05, 3.63) is 23.8 Å². The fraction of sp³-hybridized carbons (Fsp3) is 0.857. The zero-order chi connectivity index (χ0) is 21.0. The van der Waals surface area contributed by atoms with Crippen LogP contribution in [0.5, 0.6) is 0 Å². The Kier molecular flexibility index (Phi) is 5.86. The zero-order valence-corrected chi connectivity index (χ0v) is 20.0. The van der Waals surface area contributed by atoms with Gasteiger partial charge in [-0.15, -0.1) is 0 Å². The molecule has 0 amide bonds. The van der Waals surface area contributed by atoms with E-state index in [1.807, 2.05) is 0 Å². The summed E-state index contributed by atoms with van der Waals surface area (Å²) in [5, 5.41) is 10.2. The van der Waals surface area contributed by atoms with Crippen molar-refractivity contribution in [1.29, 1.82) is 0 Å². The summed E-state index contributed by atoms with van der Waals surface area (Å²) in [6.07, 6.45) is 17.7. The van der Waals surface area contributed by atoms with Crippen LogP contribution in [0.25, 0.3) is 0 Å². The summed E-state index contributed by atoms with van der Waals surface area (Å²) in [6, 6.07) is 0. The molecule has 0 bridgehead atoms. The minimum atomic E-state index is -0.0866. The molecule has 0 aromatic heterocycles. The Labute approximate surface area is 180 Å². The van der Waals surface area contributed by atoms with Crippen molar-refractivity contribution in [1.82, 2.24) is 0 Å². The highest BCUT2D eigenvalue weighted by Crippen LogP contribution is 2.67. The van der Waals surface area contributed by atoms with E-state index in [0.717, 1.165) is 42.4 Å².